The number of aromatic amines is 1. The lowest BCUT2D eigenvalue weighted by Gasteiger charge is -2.31. The van der Waals surface area contributed by atoms with E-state index < -0.39 is 0 Å². The largest absolute Gasteiger partial charge is 0.487 e. The second kappa shape index (κ2) is 12.8. The molecule has 0 unspecified atom stereocenters. The quantitative estimate of drug-likeness (QED) is 0.239. The Hall–Kier alpha value is -3.92. The van der Waals surface area contributed by atoms with Crippen molar-refractivity contribution in [2.45, 2.75) is 18.8 Å². The Kier molecular flexibility index (Phi) is 8.72. The molecule has 1 amide bonds. The van der Waals surface area contributed by atoms with Gasteiger partial charge in [0.05, 0.1) is 13.2 Å². The van der Waals surface area contributed by atoms with Gasteiger partial charge in [-0.3, -0.25) is 4.79 Å². The Labute approximate surface area is 227 Å². The molecule has 9 nitrogen and oxygen atoms in total. The van der Waals surface area contributed by atoms with Gasteiger partial charge in [0.25, 0.3) is 5.91 Å². The summed E-state index contributed by atoms with van der Waals surface area (Å²) < 4.78 is 17.1. The Balaban J connectivity index is 1.23. The van der Waals surface area contributed by atoms with Crippen molar-refractivity contribution >= 4 is 22.6 Å². The van der Waals surface area contributed by atoms with Gasteiger partial charge in [-0.2, -0.15) is 0 Å². The zero-order valence-electron chi connectivity index (χ0n) is 22.1. The highest BCUT2D eigenvalue weighted by atomic mass is 16.5. The molecular formula is C30H34N4O5. The summed E-state index contributed by atoms with van der Waals surface area (Å²) in [6.07, 6.45) is 5.57. The van der Waals surface area contributed by atoms with E-state index >= 15 is 0 Å². The molecule has 1 aliphatic rings. The molecule has 2 aromatic heterocycles. The van der Waals surface area contributed by atoms with Crippen LogP contribution in [0.5, 0.6) is 17.2 Å². The van der Waals surface area contributed by atoms with Crippen molar-refractivity contribution < 1.29 is 24.1 Å². The highest BCUT2D eigenvalue weighted by molar-refractivity contribution is 6.03. The summed E-state index contributed by atoms with van der Waals surface area (Å²) >= 11 is 0. The van der Waals surface area contributed by atoms with Gasteiger partial charge in [0.1, 0.15) is 18.2 Å². The number of aliphatic hydroxyl groups is 1. The van der Waals surface area contributed by atoms with E-state index in [9.17, 15) is 4.79 Å². The van der Waals surface area contributed by atoms with Crippen molar-refractivity contribution in [3.8, 4) is 17.2 Å². The van der Waals surface area contributed by atoms with Gasteiger partial charge in [0, 0.05) is 54.6 Å². The predicted octanol–water partition coefficient (Wildman–Crippen LogP) is 4.80. The number of aliphatic hydroxyl groups excluding tert-OH is 1. The van der Waals surface area contributed by atoms with Crippen LogP contribution in [0.15, 0.2) is 67.0 Å². The average Bonchev–Trinajstić information content (AvgIpc) is 3.41. The van der Waals surface area contributed by atoms with Crippen molar-refractivity contribution in [3.05, 3.63) is 78.1 Å². The van der Waals surface area contributed by atoms with Crippen LogP contribution in [0.4, 0.5) is 5.82 Å². The first-order valence-electron chi connectivity index (χ1n) is 13.2. The number of β-amino-alcohol motifs (C(OH)–C–C–N with tert-alkyl or cyclic N) is 1. The number of amides is 1. The summed E-state index contributed by atoms with van der Waals surface area (Å²) in [7, 11) is 1.63. The third-order valence-corrected chi connectivity index (χ3v) is 7.01. The SMILES string of the molecule is COCCOc1cc2[nH]ccc2cc1Oc1ccnc(NC(=O)c2ccc(C3CCN(CCO)CC3)cc2)c1. The van der Waals surface area contributed by atoms with Crippen molar-refractivity contribution in [3.63, 3.8) is 0 Å². The Morgan fingerprint density at radius 3 is 2.67 bits per heavy atom. The first-order chi connectivity index (χ1) is 19.1. The number of rotatable bonds is 11. The molecule has 2 aromatic carbocycles. The minimum absolute atomic E-state index is 0.200. The van der Waals surface area contributed by atoms with Crippen LogP contribution in [0.25, 0.3) is 10.9 Å². The third-order valence-electron chi connectivity index (χ3n) is 7.01. The van der Waals surface area contributed by atoms with E-state index in [0.717, 1.165) is 43.4 Å². The zero-order valence-corrected chi connectivity index (χ0v) is 22.1. The number of methoxy groups -OCH3 is 1. The predicted molar refractivity (Wildman–Crippen MR) is 150 cm³/mol. The van der Waals surface area contributed by atoms with E-state index in [2.05, 4.69) is 20.2 Å². The summed E-state index contributed by atoms with van der Waals surface area (Å²) in [5, 5.41) is 13.0. The third kappa shape index (κ3) is 6.75. The summed E-state index contributed by atoms with van der Waals surface area (Å²) in [6, 6.07) is 17.0. The van der Waals surface area contributed by atoms with Gasteiger partial charge in [-0.1, -0.05) is 12.1 Å². The minimum Gasteiger partial charge on any atom is -0.487 e. The smallest absolute Gasteiger partial charge is 0.256 e. The number of ether oxygens (including phenoxy) is 3. The number of hydrogen-bond acceptors (Lipinski definition) is 7. The Morgan fingerprint density at radius 1 is 1.08 bits per heavy atom. The molecule has 5 rings (SSSR count). The molecular weight excluding hydrogens is 496 g/mol. The van der Waals surface area contributed by atoms with Gasteiger partial charge >= 0.3 is 0 Å². The molecule has 0 radical (unpaired) electrons. The van der Waals surface area contributed by atoms with E-state index in [0.29, 0.717) is 47.8 Å². The van der Waals surface area contributed by atoms with E-state index in [4.69, 9.17) is 19.3 Å². The number of aromatic nitrogens is 2. The summed E-state index contributed by atoms with van der Waals surface area (Å²) in [4.78, 5) is 22.7. The highest BCUT2D eigenvalue weighted by Gasteiger charge is 2.20. The van der Waals surface area contributed by atoms with E-state index in [1.54, 1.807) is 25.4 Å². The van der Waals surface area contributed by atoms with Gasteiger partial charge in [-0.05, 0) is 67.7 Å². The fourth-order valence-corrected chi connectivity index (χ4v) is 4.88. The second-order valence-corrected chi connectivity index (χ2v) is 9.60. The molecule has 3 heterocycles. The van der Waals surface area contributed by atoms with Gasteiger partial charge < -0.3 is 34.5 Å². The van der Waals surface area contributed by atoms with Crippen molar-refractivity contribution in [2.24, 2.45) is 0 Å². The number of piperidine rings is 1. The van der Waals surface area contributed by atoms with Crippen LogP contribution in [0, 0.1) is 0 Å². The monoisotopic (exact) mass is 530 g/mol. The molecule has 204 valence electrons. The number of fused-ring (bicyclic) bond motifs is 1. The summed E-state index contributed by atoms with van der Waals surface area (Å²) in [6.45, 7) is 3.75. The molecule has 0 bridgehead atoms. The number of anilines is 1. The maximum absolute atomic E-state index is 12.9. The van der Waals surface area contributed by atoms with Gasteiger partial charge in [0.2, 0.25) is 0 Å². The van der Waals surface area contributed by atoms with Crippen LogP contribution in [-0.4, -0.2) is 72.4 Å². The van der Waals surface area contributed by atoms with Crippen LogP contribution in [0.3, 0.4) is 0 Å². The molecule has 0 spiro atoms. The van der Waals surface area contributed by atoms with Crippen LogP contribution in [-0.2, 0) is 4.74 Å². The summed E-state index contributed by atoms with van der Waals surface area (Å²) in [5.41, 5.74) is 2.75. The van der Waals surface area contributed by atoms with Crippen molar-refractivity contribution in [1.29, 1.82) is 0 Å². The molecule has 0 atom stereocenters. The number of pyridine rings is 1. The molecule has 4 aromatic rings. The van der Waals surface area contributed by atoms with Crippen molar-refractivity contribution in [1.82, 2.24) is 14.9 Å². The number of nitrogens with zero attached hydrogens (tertiary/aromatic N) is 2. The lowest BCUT2D eigenvalue weighted by Crippen LogP contribution is -2.34. The fraction of sp³-hybridized carbons (Fsp3) is 0.333. The Morgan fingerprint density at radius 2 is 1.90 bits per heavy atom. The first-order valence-corrected chi connectivity index (χ1v) is 13.2. The van der Waals surface area contributed by atoms with Gasteiger partial charge in [-0.15, -0.1) is 0 Å². The lowest BCUT2D eigenvalue weighted by atomic mass is 9.89. The van der Waals surface area contributed by atoms with Crippen LogP contribution in [0.1, 0.15) is 34.7 Å². The van der Waals surface area contributed by atoms with Gasteiger partial charge in [0.15, 0.2) is 11.5 Å². The molecule has 1 saturated heterocycles. The second-order valence-electron chi connectivity index (χ2n) is 9.60. The van der Waals surface area contributed by atoms with E-state index in [1.807, 2.05) is 48.7 Å². The molecule has 9 heteroatoms. The molecule has 0 aliphatic carbocycles. The zero-order chi connectivity index (χ0) is 27.0. The number of carbonyl (C=O) groups is 1. The number of nitrogens with one attached hydrogen (secondary N) is 2. The molecule has 1 aliphatic heterocycles. The normalized spacial score (nSPS) is 14.4. The van der Waals surface area contributed by atoms with Crippen LogP contribution < -0.4 is 14.8 Å². The molecule has 3 N–H and O–H groups in total. The maximum Gasteiger partial charge on any atom is 0.256 e. The summed E-state index contributed by atoms with van der Waals surface area (Å²) in [5.74, 6) is 2.29. The number of benzene rings is 2. The molecule has 39 heavy (non-hydrogen) atoms. The lowest BCUT2D eigenvalue weighted by molar-refractivity contribution is 0.102. The number of likely N-dealkylation sites (tertiary alicyclic amines) is 1. The average molecular weight is 531 g/mol. The van der Waals surface area contributed by atoms with Gasteiger partial charge in [-0.25, -0.2) is 4.98 Å². The minimum atomic E-state index is -0.235. The van der Waals surface area contributed by atoms with Crippen LogP contribution >= 0.6 is 0 Å². The highest BCUT2D eigenvalue weighted by Crippen LogP contribution is 2.36. The standard InChI is InChI=1S/C30H34N4O5/c1-37-16-17-38-27-20-26-24(6-10-31-26)18-28(27)39-25-7-11-32-29(19-25)33-30(36)23-4-2-21(3-5-23)22-8-12-34(13-9-22)14-15-35/h2-7,10-11,18-20,22,31,35H,8-9,12-17H2,1H3,(H,32,33,36). The van der Waals surface area contributed by atoms with Crippen LogP contribution in [0.2, 0.25) is 0 Å². The topological polar surface area (TPSA) is 109 Å². The number of H-pyrrole nitrogens is 1. The van der Waals surface area contributed by atoms with Crippen molar-refractivity contribution in [2.75, 3.05) is 51.9 Å². The number of carbonyl (C=O) groups excluding carboxylic acids is 1. The van der Waals surface area contributed by atoms with E-state index in [1.165, 1.54) is 5.56 Å². The van der Waals surface area contributed by atoms with E-state index in [-0.39, 0.29) is 12.5 Å². The molecule has 0 saturated carbocycles. The Bertz CT molecular complexity index is 1380. The molecule has 1 fully saturated rings. The number of hydrogen-bond donors (Lipinski definition) is 3. The first kappa shape index (κ1) is 26.7. The fourth-order valence-electron chi connectivity index (χ4n) is 4.88. The maximum atomic E-state index is 12.9.